The smallest absolute Gasteiger partial charge is 0.298 e. The molecule has 0 atom stereocenters. The molecule has 2 aromatic carbocycles. The second-order valence-electron chi connectivity index (χ2n) is 7.15. The average molecular weight is 447 g/mol. The van der Waals surface area contributed by atoms with Crippen molar-refractivity contribution in [3.05, 3.63) is 95.1 Å². The number of ether oxygens (including phenoxy) is 2. The van der Waals surface area contributed by atoms with Crippen molar-refractivity contribution in [1.29, 1.82) is 0 Å². The first-order valence-electron chi connectivity index (χ1n) is 10.0. The lowest BCUT2D eigenvalue weighted by Crippen LogP contribution is -2.22. The fraction of sp³-hybridized carbons (Fsp3) is 0.167. The molecule has 8 heteroatoms. The first-order chi connectivity index (χ1) is 15.6. The summed E-state index contributed by atoms with van der Waals surface area (Å²) >= 11 is 1.16. The van der Waals surface area contributed by atoms with Crippen LogP contribution < -0.4 is 14.8 Å². The fourth-order valence-corrected chi connectivity index (χ4v) is 3.58. The highest BCUT2D eigenvalue weighted by molar-refractivity contribution is 7.07. The molecule has 162 valence electrons. The molecule has 0 fully saturated rings. The molecule has 4 rings (SSSR count). The lowest BCUT2D eigenvalue weighted by atomic mass is 10.1. The van der Waals surface area contributed by atoms with Crippen molar-refractivity contribution in [2.24, 2.45) is 0 Å². The summed E-state index contributed by atoms with van der Waals surface area (Å²) < 4.78 is 15.7. The molecule has 0 saturated heterocycles. The molecule has 0 aliphatic rings. The van der Waals surface area contributed by atoms with Gasteiger partial charge in [-0.2, -0.15) is 9.36 Å². The Kier molecular flexibility index (Phi) is 6.72. The zero-order chi connectivity index (χ0) is 22.3. The van der Waals surface area contributed by atoms with Crippen LogP contribution in [0.25, 0.3) is 0 Å². The molecular weight excluding hydrogens is 424 g/mol. The molecule has 7 nitrogen and oxygen atoms in total. The van der Waals surface area contributed by atoms with Crippen molar-refractivity contribution in [3.8, 4) is 16.7 Å². The van der Waals surface area contributed by atoms with E-state index in [1.165, 1.54) is 5.56 Å². The fourth-order valence-electron chi connectivity index (χ4n) is 3.02. The SMILES string of the molecule is COc1ccc(C(=O)NCc2cccnc2)cc1Oc1nc(Cc2ccc(C)cc2)ns1. The van der Waals surface area contributed by atoms with E-state index in [0.717, 1.165) is 22.7 Å². The maximum Gasteiger partial charge on any atom is 0.298 e. The molecule has 0 bridgehead atoms. The van der Waals surface area contributed by atoms with Crippen LogP contribution in [-0.2, 0) is 13.0 Å². The molecule has 4 aromatic rings. The van der Waals surface area contributed by atoms with Gasteiger partial charge < -0.3 is 14.8 Å². The summed E-state index contributed by atoms with van der Waals surface area (Å²) in [6.45, 7) is 2.44. The number of carbonyl (C=O) groups excluding carboxylic acids is 1. The van der Waals surface area contributed by atoms with Gasteiger partial charge in [-0.05, 0) is 42.3 Å². The van der Waals surface area contributed by atoms with Crippen molar-refractivity contribution >= 4 is 17.4 Å². The van der Waals surface area contributed by atoms with Crippen LogP contribution in [-0.4, -0.2) is 27.4 Å². The van der Waals surface area contributed by atoms with Gasteiger partial charge in [0.05, 0.1) is 7.11 Å². The minimum atomic E-state index is -0.223. The van der Waals surface area contributed by atoms with Gasteiger partial charge in [0.25, 0.3) is 11.1 Å². The van der Waals surface area contributed by atoms with Crippen LogP contribution in [0.3, 0.4) is 0 Å². The van der Waals surface area contributed by atoms with Crippen LogP contribution in [0.15, 0.2) is 67.0 Å². The third-order valence-corrected chi connectivity index (χ3v) is 5.36. The molecule has 2 heterocycles. The van der Waals surface area contributed by atoms with Crippen LogP contribution in [0, 0.1) is 6.92 Å². The van der Waals surface area contributed by atoms with E-state index in [1.807, 2.05) is 12.1 Å². The lowest BCUT2D eigenvalue weighted by Gasteiger charge is -2.10. The highest BCUT2D eigenvalue weighted by Gasteiger charge is 2.14. The van der Waals surface area contributed by atoms with Crippen molar-refractivity contribution < 1.29 is 14.3 Å². The summed E-state index contributed by atoms with van der Waals surface area (Å²) in [4.78, 5) is 21.1. The predicted octanol–water partition coefficient (Wildman–Crippen LogP) is 4.56. The van der Waals surface area contributed by atoms with Crippen LogP contribution in [0.2, 0.25) is 0 Å². The van der Waals surface area contributed by atoms with E-state index in [-0.39, 0.29) is 5.91 Å². The van der Waals surface area contributed by atoms with Crippen LogP contribution >= 0.6 is 11.5 Å². The second-order valence-corrected chi connectivity index (χ2v) is 7.86. The third kappa shape index (κ3) is 5.47. The Morgan fingerprint density at radius 3 is 2.66 bits per heavy atom. The van der Waals surface area contributed by atoms with E-state index >= 15 is 0 Å². The molecule has 1 N–H and O–H groups in total. The summed E-state index contributed by atoms with van der Waals surface area (Å²) in [6.07, 6.45) is 4.03. The topological polar surface area (TPSA) is 86.2 Å². The quantitative estimate of drug-likeness (QED) is 0.427. The van der Waals surface area contributed by atoms with Gasteiger partial charge in [-0.15, -0.1) is 0 Å². The van der Waals surface area contributed by atoms with E-state index < -0.39 is 0 Å². The predicted molar refractivity (Wildman–Crippen MR) is 122 cm³/mol. The average Bonchev–Trinajstić information content (AvgIpc) is 3.26. The molecular formula is C24H22N4O3S. The Bertz CT molecular complexity index is 1190. The number of methoxy groups -OCH3 is 1. The Balaban J connectivity index is 1.45. The van der Waals surface area contributed by atoms with Crippen LogP contribution in [0.1, 0.15) is 32.9 Å². The van der Waals surface area contributed by atoms with E-state index in [4.69, 9.17) is 9.47 Å². The minimum Gasteiger partial charge on any atom is -0.493 e. The standard InChI is InChI=1S/C24H22N4O3S/c1-16-5-7-17(8-6-16)12-22-27-24(32-28-22)31-21-13-19(9-10-20(21)30-2)23(29)26-15-18-4-3-11-25-14-18/h3-11,13-14H,12,15H2,1-2H3,(H,26,29). The van der Waals surface area contributed by atoms with Crippen molar-refractivity contribution in [1.82, 2.24) is 19.7 Å². The summed E-state index contributed by atoms with van der Waals surface area (Å²) in [7, 11) is 1.55. The largest absolute Gasteiger partial charge is 0.493 e. The zero-order valence-electron chi connectivity index (χ0n) is 17.7. The number of aryl methyl sites for hydroxylation is 1. The maximum atomic E-state index is 12.6. The van der Waals surface area contributed by atoms with Crippen molar-refractivity contribution in [2.75, 3.05) is 7.11 Å². The summed E-state index contributed by atoms with van der Waals surface area (Å²) in [5.41, 5.74) is 3.71. The number of rotatable bonds is 8. The third-order valence-electron chi connectivity index (χ3n) is 4.73. The number of aromatic nitrogens is 3. The van der Waals surface area contributed by atoms with Crippen LogP contribution in [0.5, 0.6) is 16.7 Å². The lowest BCUT2D eigenvalue weighted by molar-refractivity contribution is 0.0950. The molecule has 32 heavy (non-hydrogen) atoms. The summed E-state index contributed by atoms with van der Waals surface area (Å²) in [6, 6.07) is 17.0. The number of hydrogen-bond acceptors (Lipinski definition) is 7. The number of benzene rings is 2. The van der Waals surface area contributed by atoms with E-state index in [2.05, 4.69) is 50.8 Å². The molecule has 0 unspecified atom stereocenters. The number of amides is 1. The first-order valence-corrected chi connectivity index (χ1v) is 10.8. The molecule has 1 amide bonds. The Labute approximate surface area is 190 Å². The second kappa shape index (κ2) is 10.0. The number of pyridine rings is 1. The number of nitrogens with one attached hydrogen (secondary N) is 1. The molecule has 0 aliphatic carbocycles. The van der Waals surface area contributed by atoms with Gasteiger partial charge >= 0.3 is 0 Å². The van der Waals surface area contributed by atoms with Crippen LogP contribution in [0.4, 0.5) is 0 Å². The van der Waals surface area contributed by atoms with Gasteiger partial charge in [-0.3, -0.25) is 9.78 Å². The van der Waals surface area contributed by atoms with Gasteiger partial charge in [-0.1, -0.05) is 35.9 Å². The van der Waals surface area contributed by atoms with Gasteiger partial charge in [0.1, 0.15) is 0 Å². The number of hydrogen-bond donors (Lipinski definition) is 1. The molecule has 0 saturated carbocycles. The number of carbonyl (C=O) groups is 1. The zero-order valence-corrected chi connectivity index (χ0v) is 18.6. The number of nitrogens with zero attached hydrogens (tertiary/aromatic N) is 3. The molecule has 0 aliphatic heterocycles. The van der Waals surface area contributed by atoms with Gasteiger partial charge in [0.15, 0.2) is 17.3 Å². The summed E-state index contributed by atoms with van der Waals surface area (Å²) in [5.74, 6) is 1.36. The highest BCUT2D eigenvalue weighted by atomic mass is 32.1. The minimum absolute atomic E-state index is 0.223. The summed E-state index contributed by atoms with van der Waals surface area (Å²) in [5, 5.41) is 3.27. The van der Waals surface area contributed by atoms with Gasteiger partial charge in [0.2, 0.25) is 0 Å². The first kappa shape index (κ1) is 21.5. The molecule has 0 radical (unpaired) electrons. The maximum absolute atomic E-state index is 12.6. The molecule has 2 aromatic heterocycles. The monoisotopic (exact) mass is 446 g/mol. The normalized spacial score (nSPS) is 10.6. The highest BCUT2D eigenvalue weighted by Crippen LogP contribution is 2.33. The Hall–Kier alpha value is -3.78. The van der Waals surface area contributed by atoms with E-state index in [1.54, 1.807) is 37.7 Å². The van der Waals surface area contributed by atoms with Gasteiger partial charge in [0, 0.05) is 42.5 Å². The molecule has 0 spiro atoms. The van der Waals surface area contributed by atoms with Gasteiger partial charge in [-0.25, -0.2) is 0 Å². The van der Waals surface area contributed by atoms with Crippen molar-refractivity contribution in [3.63, 3.8) is 0 Å². The van der Waals surface area contributed by atoms with Crippen molar-refractivity contribution in [2.45, 2.75) is 19.9 Å². The Morgan fingerprint density at radius 1 is 1.06 bits per heavy atom. The van der Waals surface area contributed by atoms with E-state index in [9.17, 15) is 4.79 Å². The van der Waals surface area contributed by atoms with E-state index in [0.29, 0.717) is 41.0 Å². The Morgan fingerprint density at radius 2 is 1.91 bits per heavy atom.